The lowest BCUT2D eigenvalue weighted by atomic mass is 9.88. The maximum absolute atomic E-state index is 10.6. The Balaban J connectivity index is 0.000000413. The van der Waals surface area contributed by atoms with E-state index in [4.69, 9.17) is 34.4 Å². The summed E-state index contributed by atoms with van der Waals surface area (Å²) < 4.78 is 101. The van der Waals surface area contributed by atoms with Crippen LogP contribution < -0.4 is 0 Å². The monoisotopic (exact) mass is 700 g/mol. The van der Waals surface area contributed by atoms with Crippen LogP contribution in [-0.4, -0.2) is 110 Å². The van der Waals surface area contributed by atoms with Crippen LogP contribution in [0.5, 0.6) is 0 Å². The van der Waals surface area contributed by atoms with Crippen molar-refractivity contribution in [1.82, 2.24) is 19.8 Å². The molecule has 21 heteroatoms. The largest absolute Gasteiger partial charge is 0.490 e. The number of hydrogen-bond acceptors (Lipinski definition) is 9. The first kappa shape index (κ1) is 40.5. The minimum absolute atomic E-state index is 0.373. The lowest BCUT2D eigenvalue weighted by Crippen LogP contribution is -2.50. The molecule has 4 rings (SSSR count). The van der Waals surface area contributed by atoms with Crippen LogP contribution in [-0.2, 0) is 32.2 Å². The smallest absolute Gasteiger partial charge is 0.475 e. The van der Waals surface area contributed by atoms with Crippen molar-refractivity contribution in [3.05, 3.63) is 46.2 Å². The summed E-state index contributed by atoms with van der Waals surface area (Å²) in [7, 11) is 1.87. The number of nitrogens with zero attached hydrogens (tertiary/aromatic N) is 4. The molecule has 0 spiro atoms. The topological polar surface area (TPSA) is 153 Å². The summed E-state index contributed by atoms with van der Waals surface area (Å²) in [5.41, 5.74) is 2.50. The summed E-state index contributed by atoms with van der Waals surface area (Å²) in [4.78, 5) is 40.8. The van der Waals surface area contributed by atoms with E-state index in [1.54, 1.807) is 11.3 Å². The number of piperidine rings is 1. The number of aryl methyl sites for hydroxylation is 1. The zero-order valence-corrected chi connectivity index (χ0v) is 24.8. The Morgan fingerprint density at radius 2 is 1.46 bits per heavy atom. The third-order valence-corrected chi connectivity index (χ3v) is 7.07. The summed E-state index contributed by atoms with van der Waals surface area (Å²) in [6.07, 6.45) is -9.93. The van der Waals surface area contributed by atoms with Crippen molar-refractivity contribution < 1.29 is 74.0 Å². The van der Waals surface area contributed by atoms with E-state index < -0.39 is 36.4 Å². The molecule has 3 N–H and O–H groups in total. The predicted molar refractivity (Wildman–Crippen MR) is 141 cm³/mol. The number of carboxylic acid groups (broad SMARTS) is 3. The van der Waals surface area contributed by atoms with E-state index in [0.717, 1.165) is 44.2 Å². The van der Waals surface area contributed by atoms with Crippen LogP contribution in [0.15, 0.2) is 29.9 Å². The molecular weight excluding hydrogens is 671 g/mol. The molecule has 11 nitrogen and oxygen atoms in total. The highest BCUT2D eigenvalue weighted by atomic mass is 32.1. The van der Waals surface area contributed by atoms with Crippen molar-refractivity contribution in [3.63, 3.8) is 0 Å². The number of hydrogen-bond donors (Lipinski definition) is 3. The number of carbonyl (C=O) groups is 3. The molecule has 2 fully saturated rings. The Labute approximate surface area is 259 Å². The third-order valence-electron chi connectivity index (χ3n) is 6.25. The van der Waals surface area contributed by atoms with Gasteiger partial charge in [0.2, 0.25) is 0 Å². The molecule has 3 atom stereocenters. The number of ether oxygens (including phenoxy) is 1. The number of fused-ring (bicyclic) bond motifs is 1. The Hall–Kier alpha value is -3.56. The standard InChI is InChI=1S/C19H26N4OS.3C2HF3O2/c1-14-21-16(13-25-14)10-22-11-17-18(12-22)23(7-5-19(17)24-2)9-15-4-3-6-20-8-15;3*3-2(4,5)1(6)7/h3-4,6,8,13,17-19H,5,7,9-12H2,1-2H3;3*(H,6,7)/t17-,18+,19+;;;/m0.../s1. The fourth-order valence-electron chi connectivity index (χ4n) is 4.37. The van der Waals surface area contributed by atoms with Gasteiger partial charge >= 0.3 is 36.4 Å². The number of rotatable bonds is 5. The van der Waals surface area contributed by atoms with E-state index >= 15 is 0 Å². The molecule has 4 heterocycles. The number of aromatic nitrogens is 2. The third kappa shape index (κ3) is 14.3. The highest BCUT2D eigenvalue weighted by Crippen LogP contribution is 2.34. The van der Waals surface area contributed by atoms with Gasteiger partial charge in [-0.2, -0.15) is 39.5 Å². The first-order valence-electron chi connectivity index (χ1n) is 12.8. The second kappa shape index (κ2) is 17.4. The van der Waals surface area contributed by atoms with Gasteiger partial charge in [0.05, 0.1) is 16.8 Å². The molecule has 0 bridgehead atoms. The summed E-state index contributed by atoms with van der Waals surface area (Å²) >= 11 is 1.74. The molecule has 0 aromatic carbocycles. The number of alkyl halides is 9. The number of pyridine rings is 1. The van der Waals surface area contributed by atoms with Crippen LogP contribution in [0.4, 0.5) is 39.5 Å². The normalized spacial score (nSPS) is 20.1. The highest BCUT2D eigenvalue weighted by Gasteiger charge is 2.44. The highest BCUT2D eigenvalue weighted by molar-refractivity contribution is 7.09. The molecule has 2 aromatic rings. The molecule has 2 aliphatic heterocycles. The van der Waals surface area contributed by atoms with Gasteiger partial charge in [0.15, 0.2) is 0 Å². The second-order valence-electron chi connectivity index (χ2n) is 9.59. The van der Waals surface area contributed by atoms with E-state index in [2.05, 4.69) is 38.1 Å². The van der Waals surface area contributed by atoms with Gasteiger partial charge in [-0.3, -0.25) is 14.8 Å². The molecule has 0 aliphatic carbocycles. The Bertz CT molecular complexity index is 1200. The molecule has 0 amide bonds. The zero-order valence-electron chi connectivity index (χ0n) is 23.9. The number of likely N-dealkylation sites (tertiary alicyclic amines) is 2. The molecule has 0 unspecified atom stereocenters. The number of aliphatic carboxylic acids is 3. The van der Waals surface area contributed by atoms with Crippen LogP contribution in [0.2, 0.25) is 0 Å². The predicted octanol–water partition coefficient (Wildman–Crippen LogP) is 4.47. The van der Waals surface area contributed by atoms with Crippen molar-refractivity contribution in [1.29, 1.82) is 0 Å². The van der Waals surface area contributed by atoms with Crippen LogP contribution in [0.25, 0.3) is 0 Å². The average Bonchev–Trinajstić information content (AvgIpc) is 3.55. The van der Waals surface area contributed by atoms with Crippen molar-refractivity contribution in [3.8, 4) is 0 Å². The molecule has 2 saturated heterocycles. The van der Waals surface area contributed by atoms with Crippen molar-refractivity contribution >= 4 is 29.2 Å². The van der Waals surface area contributed by atoms with Gasteiger partial charge in [-0.25, -0.2) is 19.4 Å². The van der Waals surface area contributed by atoms with Crippen molar-refractivity contribution in [2.24, 2.45) is 5.92 Å². The molecule has 2 aromatic heterocycles. The van der Waals surface area contributed by atoms with Gasteiger partial charge in [-0.15, -0.1) is 11.3 Å². The fourth-order valence-corrected chi connectivity index (χ4v) is 4.98. The number of methoxy groups -OCH3 is 1. The SMILES string of the molecule is CO[C@@H]1CCN(Cc2cccnc2)[C@@H]2CN(Cc3csc(C)n3)C[C@@H]21.O=C(O)C(F)(F)F.O=C(O)C(F)(F)F.O=C(O)C(F)(F)F. The van der Waals surface area contributed by atoms with Gasteiger partial charge in [0.1, 0.15) is 0 Å². The van der Waals surface area contributed by atoms with E-state index in [0.29, 0.717) is 18.1 Å². The van der Waals surface area contributed by atoms with E-state index in [-0.39, 0.29) is 0 Å². The zero-order chi connectivity index (χ0) is 35.5. The van der Waals surface area contributed by atoms with Gasteiger partial charge in [-0.05, 0) is 25.0 Å². The van der Waals surface area contributed by atoms with Crippen LogP contribution in [0.1, 0.15) is 22.7 Å². The second-order valence-corrected chi connectivity index (χ2v) is 10.6. The number of thiazole rings is 1. The lowest BCUT2D eigenvalue weighted by molar-refractivity contribution is -0.193. The Kier molecular flexibility index (Phi) is 15.3. The molecule has 2 aliphatic rings. The first-order chi connectivity index (χ1) is 21.1. The summed E-state index contributed by atoms with van der Waals surface area (Å²) in [6, 6.07) is 4.76. The molecule has 0 saturated carbocycles. The first-order valence-corrected chi connectivity index (χ1v) is 13.6. The van der Waals surface area contributed by atoms with Gasteiger partial charge < -0.3 is 20.1 Å². The minimum atomic E-state index is -5.08. The van der Waals surface area contributed by atoms with E-state index in [1.165, 1.54) is 11.3 Å². The minimum Gasteiger partial charge on any atom is -0.475 e. The Morgan fingerprint density at radius 3 is 1.85 bits per heavy atom. The van der Waals surface area contributed by atoms with Gasteiger partial charge in [0.25, 0.3) is 0 Å². The van der Waals surface area contributed by atoms with E-state index in [9.17, 15) is 39.5 Å². The summed E-state index contributed by atoms with van der Waals surface area (Å²) in [6.45, 7) is 7.31. The fraction of sp³-hybridized carbons (Fsp3) is 0.560. The Morgan fingerprint density at radius 1 is 0.935 bits per heavy atom. The quantitative estimate of drug-likeness (QED) is 0.379. The van der Waals surface area contributed by atoms with Crippen LogP contribution in [0.3, 0.4) is 0 Å². The van der Waals surface area contributed by atoms with Gasteiger partial charge in [0, 0.05) is 69.6 Å². The summed E-state index contributed by atoms with van der Waals surface area (Å²) in [5, 5.41) is 24.7. The molecule has 46 heavy (non-hydrogen) atoms. The average molecular weight is 701 g/mol. The number of halogens is 9. The molecular formula is C25H29F9N4O7S. The van der Waals surface area contributed by atoms with Crippen LogP contribution in [0, 0.1) is 12.8 Å². The molecule has 260 valence electrons. The van der Waals surface area contributed by atoms with Crippen LogP contribution >= 0.6 is 11.3 Å². The van der Waals surface area contributed by atoms with Crippen molar-refractivity contribution in [2.45, 2.75) is 57.1 Å². The van der Waals surface area contributed by atoms with Crippen molar-refractivity contribution in [2.75, 3.05) is 26.7 Å². The van der Waals surface area contributed by atoms with Gasteiger partial charge in [-0.1, -0.05) is 6.07 Å². The summed E-state index contributed by atoms with van der Waals surface area (Å²) in [5.74, 6) is -7.69. The maximum Gasteiger partial charge on any atom is 0.490 e. The number of carboxylic acids is 3. The molecule has 0 radical (unpaired) electrons. The lowest BCUT2D eigenvalue weighted by Gasteiger charge is -2.41. The maximum atomic E-state index is 10.6. The van der Waals surface area contributed by atoms with E-state index in [1.807, 2.05) is 25.6 Å².